The Bertz CT molecular complexity index is 759. The van der Waals surface area contributed by atoms with Crippen LogP contribution < -0.4 is 5.32 Å². The zero-order chi connectivity index (χ0) is 18.5. The number of piperidine rings is 1. The molecule has 1 N–H and O–H groups in total. The van der Waals surface area contributed by atoms with Crippen molar-refractivity contribution in [2.75, 3.05) is 6.54 Å². The van der Waals surface area contributed by atoms with Crippen molar-refractivity contribution in [3.05, 3.63) is 65.5 Å². The lowest BCUT2D eigenvalue weighted by Gasteiger charge is -2.40. The molecule has 0 saturated carbocycles. The minimum atomic E-state index is -0.251. The van der Waals surface area contributed by atoms with Crippen LogP contribution in [0.4, 0.5) is 0 Å². The molecule has 0 aliphatic carbocycles. The van der Waals surface area contributed by atoms with E-state index < -0.39 is 0 Å². The van der Waals surface area contributed by atoms with Gasteiger partial charge in [-0.3, -0.25) is 14.6 Å². The van der Waals surface area contributed by atoms with E-state index in [1.807, 2.05) is 61.2 Å². The molecule has 136 valence electrons. The Kier molecular flexibility index (Phi) is 5.66. The van der Waals surface area contributed by atoms with E-state index in [0.717, 1.165) is 16.8 Å². The fourth-order valence-corrected chi connectivity index (χ4v) is 3.59. The van der Waals surface area contributed by atoms with Crippen LogP contribution in [0.5, 0.6) is 0 Å². The summed E-state index contributed by atoms with van der Waals surface area (Å²) in [5.74, 6) is -0.155. The summed E-state index contributed by atoms with van der Waals surface area (Å²) in [6, 6.07) is 13.6. The van der Waals surface area contributed by atoms with Gasteiger partial charge in [0.2, 0.25) is 11.8 Å². The highest BCUT2D eigenvalue weighted by molar-refractivity contribution is 5.85. The maximum Gasteiger partial charge on any atom is 0.225 e. The lowest BCUT2D eigenvalue weighted by Crippen LogP contribution is -2.47. The lowest BCUT2D eigenvalue weighted by molar-refractivity contribution is -0.143. The van der Waals surface area contributed by atoms with Crippen LogP contribution in [0, 0.1) is 12.8 Å². The first kappa shape index (κ1) is 18.1. The molecule has 0 radical (unpaired) electrons. The first-order valence-electron chi connectivity index (χ1n) is 9.13. The van der Waals surface area contributed by atoms with E-state index in [2.05, 4.69) is 10.3 Å². The number of rotatable bonds is 5. The fraction of sp³-hybridized carbons (Fsp3) is 0.381. The maximum atomic E-state index is 12.9. The Balaban J connectivity index is 1.81. The van der Waals surface area contributed by atoms with E-state index in [4.69, 9.17) is 0 Å². The Morgan fingerprint density at radius 2 is 2.00 bits per heavy atom. The summed E-state index contributed by atoms with van der Waals surface area (Å²) in [5, 5.41) is 3.00. The predicted molar refractivity (Wildman–Crippen MR) is 100 cm³/mol. The van der Waals surface area contributed by atoms with Crippen molar-refractivity contribution < 1.29 is 9.59 Å². The van der Waals surface area contributed by atoms with Gasteiger partial charge in [-0.2, -0.15) is 0 Å². The van der Waals surface area contributed by atoms with Crippen molar-refractivity contribution >= 4 is 11.8 Å². The second kappa shape index (κ2) is 8.13. The molecule has 2 aromatic rings. The average Bonchev–Trinajstić information content (AvgIpc) is 2.67. The van der Waals surface area contributed by atoms with Crippen LogP contribution in [0.3, 0.4) is 0 Å². The lowest BCUT2D eigenvalue weighted by atomic mass is 9.83. The minimum absolute atomic E-state index is 0.0211. The van der Waals surface area contributed by atoms with Crippen molar-refractivity contribution in [2.45, 2.75) is 39.3 Å². The molecule has 26 heavy (non-hydrogen) atoms. The van der Waals surface area contributed by atoms with Crippen LogP contribution in [0.25, 0.3) is 0 Å². The Labute approximate surface area is 154 Å². The Morgan fingerprint density at radius 3 is 2.65 bits per heavy atom. The monoisotopic (exact) mass is 351 g/mol. The summed E-state index contributed by atoms with van der Waals surface area (Å²) in [7, 11) is 0. The van der Waals surface area contributed by atoms with Crippen LogP contribution in [0.15, 0.2) is 48.7 Å². The van der Waals surface area contributed by atoms with E-state index in [0.29, 0.717) is 25.9 Å². The van der Waals surface area contributed by atoms with Crippen molar-refractivity contribution in [3.8, 4) is 0 Å². The first-order chi connectivity index (χ1) is 12.6. The van der Waals surface area contributed by atoms with Gasteiger partial charge < -0.3 is 10.2 Å². The maximum absolute atomic E-state index is 12.9. The summed E-state index contributed by atoms with van der Waals surface area (Å²) >= 11 is 0. The van der Waals surface area contributed by atoms with E-state index in [1.165, 1.54) is 0 Å². The Hall–Kier alpha value is -2.69. The van der Waals surface area contributed by atoms with E-state index in [-0.39, 0.29) is 23.8 Å². The number of hydrogen-bond acceptors (Lipinski definition) is 3. The zero-order valence-electron chi connectivity index (χ0n) is 15.3. The molecule has 5 nitrogen and oxygen atoms in total. The van der Waals surface area contributed by atoms with Gasteiger partial charge in [0.1, 0.15) is 0 Å². The fourth-order valence-electron chi connectivity index (χ4n) is 3.59. The quantitative estimate of drug-likeness (QED) is 0.901. The normalized spacial score (nSPS) is 20.1. The first-order valence-corrected chi connectivity index (χ1v) is 9.13. The molecular weight excluding hydrogens is 326 g/mol. The van der Waals surface area contributed by atoms with Gasteiger partial charge in [0, 0.05) is 19.2 Å². The molecule has 1 fully saturated rings. The van der Waals surface area contributed by atoms with E-state index in [1.54, 1.807) is 6.20 Å². The molecular formula is C21H25N3O2. The van der Waals surface area contributed by atoms with Gasteiger partial charge in [-0.1, -0.05) is 35.9 Å². The molecule has 0 spiro atoms. The molecule has 2 atom stereocenters. The molecule has 1 aliphatic rings. The third-order valence-corrected chi connectivity index (χ3v) is 4.97. The molecule has 2 amide bonds. The highest BCUT2D eigenvalue weighted by atomic mass is 16.2. The van der Waals surface area contributed by atoms with Crippen LogP contribution in [-0.4, -0.2) is 28.2 Å². The van der Waals surface area contributed by atoms with Crippen LogP contribution in [0.2, 0.25) is 0 Å². The number of aromatic nitrogens is 1. The second-order valence-corrected chi connectivity index (χ2v) is 6.72. The number of amides is 2. The van der Waals surface area contributed by atoms with Gasteiger partial charge in [0.05, 0.1) is 24.2 Å². The molecule has 5 heteroatoms. The average molecular weight is 351 g/mol. The van der Waals surface area contributed by atoms with Crippen molar-refractivity contribution in [2.24, 2.45) is 5.92 Å². The predicted octanol–water partition coefficient (Wildman–Crippen LogP) is 3.01. The Morgan fingerprint density at radius 1 is 1.23 bits per heavy atom. The van der Waals surface area contributed by atoms with Crippen LogP contribution >= 0.6 is 0 Å². The highest BCUT2D eigenvalue weighted by Crippen LogP contribution is 2.36. The van der Waals surface area contributed by atoms with Crippen molar-refractivity contribution in [3.63, 3.8) is 0 Å². The van der Waals surface area contributed by atoms with Gasteiger partial charge in [-0.15, -0.1) is 0 Å². The molecule has 1 aromatic carbocycles. The van der Waals surface area contributed by atoms with Gasteiger partial charge in [-0.05, 0) is 38.0 Å². The van der Waals surface area contributed by atoms with Crippen molar-refractivity contribution in [1.82, 2.24) is 15.2 Å². The number of benzene rings is 1. The number of aryl methyl sites for hydroxylation is 1. The van der Waals surface area contributed by atoms with E-state index >= 15 is 0 Å². The molecule has 2 heterocycles. The second-order valence-electron chi connectivity index (χ2n) is 6.72. The van der Waals surface area contributed by atoms with E-state index in [9.17, 15) is 9.59 Å². The van der Waals surface area contributed by atoms with Crippen LogP contribution in [0.1, 0.15) is 42.6 Å². The number of likely N-dealkylation sites (tertiary alicyclic amines) is 1. The van der Waals surface area contributed by atoms with Crippen molar-refractivity contribution in [1.29, 1.82) is 0 Å². The topological polar surface area (TPSA) is 62.3 Å². The summed E-state index contributed by atoms with van der Waals surface area (Å²) < 4.78 is 0. The number of pyridine rings is 1. The summed E-state index contributed by atoms with van der Waals surface area (Å²) in [5.41, 5.74) is 3.01. The molecule has 1 aromatic heterocycles. The third kappa shape index (κ3) is 3.93. The van der Waals surface area contributed by atoms with Gasteiger partial charge in [0.15, 0.2) is 0 Å². The molecule has 3 rings (SSSR count). The summed E-state index contributed by atoms with van der Waals surface area (Å²) in [6.45, 7) is 5.00. The third-order valence-electron chi connectivity index (χ3n) is 4.97. The van der Waals surface area contributed by atoms with Gasteiger partial charge >= 0.3 is 0 Å². The molecule has 0 bridgehead atoms. The zero-order valence-corrected chi connectivity index (χ0v) is 15.3. The van der Waals surface area contributed by atoms with Gasteiger partial charge in [-0.25, -0.2) is 0 Å². The summed E-state index contributed by atoms with van der Waals surface area (Å²) in [4.78, 5) is 31.4. The standard InChI is InChI=1S/C21H25N3O2/c1-3-24-19(25)12-11-18(20(24)16-9-7-15(2)8-10-16)21(26)23-14-17-6-4-5-13-22-17/h4-10,13,18,20H,3,11-12,14H2,1-2H3,(H,23,26)/t18-,20+/m1/s1. The number of carbonyl (C=O) groups is 2. The number of nitrogens with zero attached hydrogens (tertiary/aromatic N) is 2. The number of nitrogens with one attached hydrogen (secondary N) is 1. The number of hydrogen-bond donors (Lipinski definition) is 1. The molecule has 0 unspecified atom stereocenters. The number of carbonyl (C=O) groups excluding carboxylic acids is 2. The smallest absolute Gasteiger partial charge is 0.225 e. The SMILES string of the molecule is CCN1C(=O)CC[C@@H](C(=O)NCc2ccccn2)[C@@H]1c1ccc(C)cc1. The van der Waals surface area contributed by atoms with Crippen LogP contribution in [-0.2, 0) is 16.1 Å². The molecule has 1 saturated heterocycles. The van der Waals surface area contributed by atoms with Gasteiger partial charge in [0.25, 0.3) is 0 Å². The largest absolute Gasteiger partial charge is 0.350 e. The summed E-state index contributed by atoms with van der Waals surface area (Å²) in [6.07, 6.45) is 2.70. The highest BCUT2D eigenvalue weighted by Gasteiger charge is 2.39. The minimum Gasteiger partial charge on any atom is -0.350 e. The molecule has 1 aliphatic heterocycles.